The highest BCUT2D eigenvalue weighted by atomic mass is 16.5. The van der Waals surface area contributed by atoms with Crippen LogP contribution in [0, 0.1) is 0 Å². The Balaban J connectivity index is 2.38. The Labute approximate surface area is 70.5 Å². The number of hydrogen-bond acceptors (Lipinski definition) is 3. The number of amides is 2. The second-order valence-electron chi connectivity index (χ2n) is 2.50. The van der Waals surface area contributed by atoms with E-state index in [0.717, 1.165) is 0 Å². The van der Waals surface area contributed by atoms with E-state index in [1.54, 1.807) is 0 Å². The molecule has 1 fully saturated rings. The summed E-state index contributed by atoms with van der Waals surface area (Å²) in [5, 5.41) is 4.98. The lowest BCUT2D eigenvalue weighted by molar-refractivity contribution is -0.135. The molecule has 1 heterocycles. The molecule has 0 radical (unpaired) electrons. The monoisotopic (exact) mass is 172 g/mol. The van der Waals surface area contributed by atoms with Crippen LogP contribution in [-0.2, 0) is 14.3 Å². The minimum Gasteiger partial charge on any atom is -0.379 e. The van der Waals surface area contributed by atoms with Crippen LogP contribution in [0.25, 0.3) is 0 Å². The molecule has 1 aliphatic heterocycles. The predicted octanol–water partition coefficient (Wildman–Crippen LogP) is -1.36. The Morgan fingerprint density at radius 1 is 1.58 bits per heavy atom. The summed E-state index contributed by atoms with van der Waals surface area (Å²) in [5.41, 5.74) is 0. The summed E-state index contributed by atoms with van der Waals surface area (Å²) in [6.07, 6.45) is 0. The first-order valence-electron chi connectivity index (χ1n) is 3.89. The van der Waals surface area contributed by atoms with Crippen LogP contribution in [0.4, 0.5) is 0 Å². The Morgan fingerprint density at radius 3 is 3.00 bits per heavy atom. The molecule has 0 spiro atoms. The van der Waals surface area contributed by atoms with Crippen molar-refractivity contribution in [2.45, 2.75) is 13.0 Å². The third-order valence-corrected chi connectivity index (χ3v) is 1.56. The molecule has 5 heteroatoms. The van der Waals surface area contributed by atoms with Gasteiger partial charge >= 0.3 is 0 Å². The molecule has 68 valence electrons. The van der Waals surface area contributed by atoms with Gasteiger partial charge in [-0.1, -0.05) is 0 Å². The molecule has 12 heavy (non-hydrogen) atoms. The molecule has 0 aromatic carbocycles. The van der Waals surface area contributed by atoms with Crippen LogP contribution < -0.4 is 10.6 Å². The van der Waals surface area contributed by atoms with E-state index >= 15 is 0 Å². The lowest BCUT2D eigenvalue weighted by Gasteiger charge is -2.22. The highest BCUT2D eigenvalue weighted by Crippen LogP contribution is 1.91. The van der Waals surface area contributed by atoms with E-state index in [2.05, 4.69) is 10.6 Å². The lowest BCUT2D eigenvalue weighted by atomic mass is 10.2. The zero-order valence-electron chi connectivity index (χ0n) is 6.92. The molecule has 2 N–H and O–H groups in total. The van der Waals surface area contributed by atoms with Gasteiger partial charge in [0.25, 0.3) is 0 Å². The minimum absolute atomic E-state index is 0.0709. The molecule has 0 saturated carbocycles. The number of piperazine rings is 1. The van der Waals surface area contributed by atoms with E-state index in [4.69, 9.17) is 4.74 Å². The average molecular weight is 172 g/mol. The molecule has 5 nitrogen and oxygen atoms in total. The van der Waals surface area contributed by atoms with E-state index in [1.165, 1.54) is 0 Å². The second kappa shape index (κ2) is 4.06. The summed E-state index contributed by atoms with van der Waals surface area (Å²) < 4.78 is 5.02. The van der Waals surface area contributed by atoms with E-state index in [1.807, 2.05) is 6.92 Å². The fraction of sp³-hybridized carbons (Fsp3) is 0.714. The highest BCUT2D eigenvalue weighted by molar-refractivity contribution is 5.94. The van der Waals surface area contributed by atoms with Crippen molar-refractivity contribution in [3.8, 4) is 0 Å². The van der Waals surface area contributed by atoms with Crippen molar-refractivity contribution in [3.05, 3.63) is 0 Å². The van der Waals surface area contributed by atoms with Crippen LogP contribution in [0.5, 0.6) is 0 Å². The number of carbonyl (C=O) groups is 2. The van der Waals surface area contributed by atoms with Gasteiger partial charge in [0.15, 0.2) is 0 Å². The summed E-state index contributed by atoms with van der Waals surface area (Å²) in [6.45, 7) is 2.69. The first-order valence-corrected chi connectivity index (χ1v) is 3.89. The predicted molar refractivity (Wildman–Crippen MR) is 41.4 cm³/mol. The van der Waals surface area contributed by atoms with Crippen molar-refractivity contribution in [3.63, 3.8) is 0 Å². The largest absolute Gasteiger partial charge is 0.379 e. The summed E-state index contributed by atoms with van der Waals surface area (Å²) in [4.78, 5) is 21.8. The second-order valence-corrected chi connectivity index (χ2v) is 2.50. The molecule has 0 aromatic heterocycles. The van der Waals surface area contributed by atoms with Crippen molar-refractivity contribution in [2.75, 3.05) is 19.8 Å². The van der Waals surface area contributed by atoms with Gasteiger partial charge in [0, 0.05) is 6.61 Å². The van der Waals surface area contributed by atoms with Gasteiger partial charge in [-0.2, -0.15) is 0 Å². The van der Waals surface area contributed by atoms with Gasteiger partial charge in [0.05, 0.1) is 13.2 Å². The van der Waals surface area contributed by atoms with Crippen LogP contribution in [0.2, 0.25) is 0 Å². The smallest absolute Gasteiger partial charge is 0.245 e. The molecular formula is C7H12N2O3. The number of carbonyl (C=O) groups excluding carboxylic acids is 2. The molecular weight excluding hydrogens is 160 g/mol. The van der Waals surface area contributed by atoms with Gasteiger partial charge in [0.1, 0.15) is 6.04 Å². The standard InChI is InChI=1S/C7H12N2O3/c1-2-12-4-5-7(11)8-3-6(10)9-5/h5H,2-4H2,1H3,(H,8,11)(H,9,10)/t5-/m0/s1. The summed E-state index contributed by atoms with van der Waals surface area (Å²) >= 11 is 0. The van der Waals surface area contributed by atoms with Crippen LogP contribution in [0.3, 0.4) is 0 Å². The molecule has 0 unspecified atom stereocenters. The number of hydrogen-bond donors (Lipinski definition) is 2. The van der Waals surface area contributed by atoms with Crippen LogP contribution >= 0.6 is 0 Å². The number of ether oxygens (including phenoxy) is 1. The van der Waals surface area contributed by atoms with Gasteiger partial charge in [-0.05, 0) is 6.92 Å². The Hall–Kier alpha value is -1.10. The van der Waals surface area contributed by atoms with Crippen molar-refractivity contribution in [1.82, 2.24) is 10.6 Å². The maximum Gasteiger partial charge on any atom is 0.245 e. The summed E-state index contributed by atoms with van der Waals surface area (Å²) in [5.74, 6) is -0.345. The maximum absolute atomic E-state index is 11.0. The van der Waals surface area contributed by atoms with Crippen molar-refractivity contribution in [1.29, 1.82) is 0 Å². The third-order valence-electron chi connectivity index (χ3n) is 1.56. The first-order chi connectivity index (χ1) is 5.74. The molecule has 0 aliphatic carbocycles. The van der Waals surface area contributed by atoms with Crippen LogP contribution in [0.15, 0.2) is 0 Å². The maximum atomic E-state index is 11.0. The van der Waals surface area contributed by atoms with E-state index in [9.17, 15) is 9.59 Å². The number of rotatable bonds is 3. The molecule has 1 rings (SSSR count). The van der Waals surface area contributed by atoms with Crippen LogP contribution in [-0.4, -0.2) is 37.6 Å². The highest BCUT2D eigenvalue weighted by Gasteiger charge is 2.25. The Kier molecular flexibility index (Phi) is 3.04. The average Bonchev–Trinajstić information content (AvgIpc) is 2.07. The van der Waals surface area contributed by atoms with Gasteiger partial charge in [0.2, 0.25) is 11.8 Å². The minimum atomic E-state index is -0.522. The van der Waals surface area contributed by atoms with E-state index in [-0.39, 0.29) is 25.0 Å². The summed E-state index contributed by atoms with van der Waals surface area (Å²) in [6, 6.07) is -0.522. The van der Waals surface area contributed by atoms with E-state index in [0.29, 0.717) is 6.61 Å². The van der Waals surface area contributed by atoms with Crippen molar-refractivity contribution >= 4 is 11.8 Å². The Morgan fingerprint density at radius 2 is 2.33 bits per heavy atom. The van der Waals surface area contributed by atoms with Crippen molar-refractivity contribution < 1.29 is 14.3 Å². The van der Waals surface area contributed by atoms with Gasteiger partial charge in [-0.3, -0.25) is 9.59 Å². The fourth-order valence-corrected chi connectivity index (χ4v) is 0.955. The zero-order chi connectivity index (χ0) is 8.97. The Bertz CT molecular complexity index is 193. The van der Waals surface area contributed by atoms with Gasteiger partial charge in [-0.15, -0.1) is 0 Å². The third kappa shape index (κ3) is 2.20. The molecule has 1 aliphatic rings. The fourth-order valence-electron chi connectivity index (χ4n) is 0.955. The number of nitrogens with one attached hydrogen (secondary N) is 2. The van der Waals surface area contributed by atoms with Crippen molar-refractivity contribution in [2.24, 2.45) is 0 Å². The molecule has 1 saturated heterocycles. The normalized spacial score (nSPS) is 23.2. The molecule has 2 amide bonds. The SMILES string of the molecule is CCOC[C@@H]1NC(=O)CNC1=O. The van der Waals surface area contributed by atoms with Gasteiger partial charge < -0.3 is 15.4 Å². The summed E-state index contributed by atoms with van der Waals surface area (Å²) in [7, 11) is 0. The first kappa shape index (κ1) is 8.99. The topological polar surface area (TPSA) is 67.4 Å². The van der Waals surface area contributed by atoms with Crippen LogP contribution in [0.1, 0.15) is 6.92 Å². The van der Waals surface area contributed by atoms with Gasteiger partial charge in [-0.25, -0.2) is 0 Å². The molecule has 1 atom stereocenters. The zero-order valence-corrected chi connectivity index (χ0v) is 6.92. The molecule has 0 bridgehead atoms. The molecule has 0 aromatic rings. The quantitative estimate of drug-likeness (QED) is 0.552. The lowest BCUT2D eigenvalue weighted by Crippen LogP contribution is -2.57. The van der Waals surface area contributed by atoms with E-state index < -0.39 is 6.04 Å².